The summed E-state index contributed by atoms with van der Waals surface area (Å²) in [4.78, 5) is 44.0. The van der Waals surface area contributed by atoms with Crippen molar-refractivity contribution >= 4 is 17.6 Å². The average molecular weight is 735 g/mol. The van der Waals surface area contributed by atoms with Gasteiger partial charge in [0.2, 0.25) is 0 Å². The van der Waals surface area contributed by atoms with Crippen LogP contribution in [0.2, 0.25) is 0 Å². The smallest absolute Gasteiger partial charge is 0.320 e. The topological polar surface area (TPSA) is 115 Å². The predicted molar refractivity (Wildman–Crippen MR) is 210 cm³/mol. The van der Waals surface area contributed by atoms with Crippen LogP contribution in [0, 0.1) is 20.9 Å². The van der Waals surface area contributed by atoms with Gasteiger partial charge in [-0.2, -0.15) is 0 Å². The van der Waals surface area contributed by atoms with Crippen LogP contribution in [-0.4, -0.2) is 106 Å². The average Bonchev–Trinajstić information content (AvgIpc) is 2.92. The normalized spacial score (nSPS) is 14.5. The van der Waals surface area contributed by atoms with Crippen LogP contribution in [0.1, 0.15) is 129 Å². The Kier molecular flexibility index (Phi) is 17.9. The summed E-state index contributed by atoms with van der Waals surface area (Å²) in [7, 11) is 0. The van der Waals surface area contributed by atoms with Crippen LogP contribution in [0.3, 0.4) is 0 Å². The lowest BCUT2D eigenvalue weighted by molar-refractivity contribution is -0.384. The Bertz CT molecular complexity index is 1200. The number of nitrogens with zero attached hydrogens (tertiary/aromatic N) is 4. The molecule has 1 aromatic carbocycles. The first kappa shape index (κ1) is 47.4. The molecule has 1 rings (SSSR count). The SMILES string of the molecule is C[C@@H](CN(COC(C)(C)C)C[C@H](Cc1ccc([N+](=O)[O-])cc1)N(CCC(C)(C)C)CCC(C)(C)C)N(CC(=O)OC(C)(C)C)CC(=O)OC(C)(C)C. The van der Waals surface area contributed by atoms with Gasteiger partial charge in [0.25, 0.3) is 5.69 Å². The van der Waals surface area contributed by atoms with Crippen molar-refractivity contribution < 1.29 is 28.7 Å². The van der Waals surface area contributed by atoms with Gasteiger partial charge in [-0.3, -0.25) is 34.4 Å². The van der Waals surface area contributed by atoms with E-state index in [-0.39, 0.29) is 46.6 Å². The third kappa shape index (κ3) is 22.5. The third-order valence-corrected chi connectivity index (χ3v) is 8.23. The molecule has 1 aromatic rings. The maximum absolute atomic E-state index is 13.1. The Balaban J connectivity index is 3.63. The highest BCUT2D eigenvalue weighted by molar-refractivity contribution is 5.75. The van der Waals surface area contributed by atoms with Gasteiger partial charge in [-0.15, -0.1) is 0 Å². The fourth-order valence-corrected chi connectivity index (χ4v) is 5.47. The van der Waals surface area contributed by atoms with Gasteiger partial charge in [-0.1, -0.05) is 53.7 Å². The van der Waals surface area contributed by atoms with E-state index in [0.717, 1.165) is 31.5 Å². The molecule has 0 radical (unpaired) electrons. The maximum atomic E-state index is 13.1. The Labute approximate surface area is 316 Å². The zero-order valence-electron chi connectivity index (χ0n) is 35.7. The van der Waals surface area contributed by atoms with Gasteiger partial charge in [-0.25, -0.2) is 0 Å². The monoisotopic (exact) mass is 735 g/mol. The van der Waals surface area contributed by atoms with Gasteiger partial charge < -0.3 is 14.2 Å². The Hall–Kier alpha value is -2.60. The summed E-state index contributed by atoms with van der Waals surface area (Å²) in [5.41, 5.74) is -0.384. The molecule has 0 saturated carbocycles. The van der Waals surface area contributed by atoms with Crippen molar-refractivity contribution in [2.45, 2.75) is 159 Å². The molecule has 0 spiro atoms. The first-order valence-electron chi connectivity index (χ1n) is 18.9. The van der Waals surface area contributed by atoms with Gasteiger partial charge in [0.1, 0.15) is 11.2 Å². The molecule has 0 unspecified atom stereocenters. The number of nitro groups is 1. The molecule has 0 heterocycles. The van der Waals surface area contributed by atoms with Crippen molar-refractivity contribution in [3.63, 3.8) is 0 Å². The summed E-state index contributed by atoms with van der Waals surface area (Å²) in [5, 5.41) is 11.4. The molecule has 0 saturated heterocycles. The van der Waals surface area contributed by atoms with Crippen LogP contribution in [0.15, 0.2) is 24.3 Å². The van der Waals surface area contributed by atoms with Crippen molar-refractivity contribution in [1.29, 1.82) is 0 Å². The number of non-ortho nitro benzene ring substituents is 1. The number of carbonyl (C=O) groups is 2. The van der Waals surface area contributed by atoms with Crippen LogP contribution in [0.4, 0.5) is 5.69 Å². The molecule has 0 amide bonds. The van der Waals surface area contributed by atoms with Crippen molar-refractivity contribution in [2.75, 3.05) is 46.0 Å². The lowest BCUT2D eigenvalue weighted by Gasteiger charge is -2.40. The number of hydrogen-bond acceptors (Lipinski definition) is 10. The summed E-state index contributed by atoms with van der Waals surface area (Å²) in [6, 6.07) is 6.68. The largest absolute Gasteiger partial charge is 0.459 e. The molecule has 11 nitrogen and oxygen atoms in total. The summed E-state index contributed by atoms with van der Waals surface area (Å²) >= 11 is 0. The second-order valence-electron chi connectivity index (χ2n) is 19.8. The molecule has 2 atom stereocenters. The molecular weight excluding hydrogens is 660 g/mol. The van der Waals surface area contributed by atoms with Gasteiger partial charge >= 0.3 is 11.9 Å². The fourth-order valence-electron chi connectivity index (χ4n) is 5.47. The maximum Gasteiger partial charge on any atom is 0.320 e. The molecule has 0 N–H and O–H groups in total. The number of esters is 2. The summed E-state index contributed by atoms with van der Waals surface area (Å²) in [6.07, 6.45) is 2.69. The van der Waals surface area contributed by atoms with E-state index in [2.05, 4.69) is 51.3 Å². The van der Waals surface area contributed by atoms with E-state index in [0.29, 0.717) is 26.2 Å². The first-order valence-corrected chi connectivity index (χ1v) is 18.9. The van der Waals surface area contributed by atoms with E-state index in [1.165, 1.54) is 0 Å². The lowest BCUT2D eigenvalue weighted by Crippen LogP contribution is -2.53. The third-order valence-electron chi connectivity index (χ3n) is 8.23. The van der Waals surface area contributed by atoms with Gasteiger partial charge in [0.05, 0.1) is 30.3 Å². The van der Waals surface area contributed by atoms with Crippen LogP contribution in [0.5, 0.6) is 0 Å². The zero-order chi connectivity index (χ0) is 40.3. The quantitative estimate of drug-likeness (QED) is 0.0597. The molecule has 0 fully saturated rings. The fraction of sp³-hybridized carbons (Fsp3) is 0.805. The van der Waals surface area contributed by atoms with E-state index in [1.54, 1.807) is 12.1 Å². The van der Waals surface area contributed by atoms with Crippen LogP contribution >= 0.6 is 0 Å². The molecule has 0 bridgehead atoms. The second-order valence-corrected chi connectivity index (χ2v) is 19.8. The highest BCUT2D eigenvalue weighted by Gasteiger charge is 2.31. The molecule has 52 heavy (non-hydrogen) atoms. The zero-order valence-corrected chi connectivity index (χ0v) is 35.7. The van der Waals surface area contributed by atoms with Crippen molar-refractivity contribution in [2.24, 2.45) is 10.8 Å². The van der Waals surface area contributed by atoms with E-state index in [1.807, 2.05) is 86.3 Å². The number of hydrogen-bond donors (Lipinski definition) is 0. The number of rotatable bonds is 19. The summed E-state index contributed by atoms with van der Waals surface area (Å²) in [6.45, 7) is 35.7. The summed E-state index contributed by atoms with van der Waals surface area (Å²) in [5.74, 6) is -0.820. The number of benzene rings is 1. The lowest BCUT2D eigenvalue weighted by atomic mass is 9.89. The number of carbonyl (C=O) groups excluding carboxylic acids is 2. The highest BCUT2D eigenvalue weighted by Crippen LogP contribution is 2.25. The molecule has 0 aromatic heterocycles. The van der Waals surface area contributed by atoms with E-state index in [4.69, 9.17) is 14.2 Å². The van der Waals surface area contributed by atoms with Gasteiger partial charge in [0, 0.05) is 37.3 Å². The Morgan fingerprint density at radius 3 is 1.50 bits per heavy atom. The number of ether oxygens (including phenoxy) is 3. The standard InChI is InChI=1S/C41H74N4O7/c1-31(44(28-35(46)51-40(11,12)13)29-36(47)52-41(14,15)16)26-42(30-50-39(8,9)10)27-34(25-32-17-19-33(20-18-32)45(48)49)43(23-21-37(2,3)4)24-22-38(5,6)7/h17-20,31,34H,21-30H2,1-16H3/t31-,34-/m0/s1. The Morgan fingerprint density at radius 2 is 1.13 bits per heavy atom. The molecular formula is C41H74N4O7. The number of nitro benzene ring substituents is 1. The first-order chi connectivity index (χ1) is 23.4. The van der Waals surface area contributed by atoms with Crippen molar-refractivity contribution in [3.05, 3.63) is 39.9 Å². The van der Waals surface area contributed by atoms with Gasteiger partial charge in [0.15, 0.2) is 0 Å². The highest BCUT2D eigenvalue weighted by atomic mass is 16.6. The molecule has 0 aliphatic rings. The minimum atomic E-state index is -0.668. The van der Waals surface area contributed by atoms with Crippen LogP contribution < -0.4 is 0 Å². The minimum Gasteiger partial charge on any atom is -0.459 e. The molecule has 0 aliphatic carbocycles. The van der Waals surface area contributed by atoms with E-state index >= 15 is 0 Å². The minimum absolute atomic E-state index is 0.0482. The van der Waals surface area contributed by atoms with Gasteiger partial charge in [-0.05, 0) is 118 Å². The van der Waals surface area contributed by atoms with E-state index in [9.17, 15) is 19.7 Å². The summed E-state index contributed by atoms with van der Waals surface area (Å²) < 4.78 is 17.7. The van der Waals surface area contributed by atoms with Crippen LogP contribution in [-0.2, 0) is 30.2 Å². The second kappa shape index (κ2) is 19.6. The van der Waals surface area contributed by atoms with Crippen molar-refractivity contribution in [1.82, 2.24) is 14.7 Å². The Morgan fingerprint density at radius 1 is 0.692 bits per heavy atom. The van der Waals surface area contributed by atoms with Crippen LogP contribution in [0.25, 0.3) is 0 Å². The van der Waals surface area contributed by atoms with Crippen molar-refractivity contribution in [3.8, 4) is 0 Å². The molecule has 0 aliphatic heterocycles. The predicted octanol–water partition coefficient (Wildman–Crippen LogP) is 8.13. The molecule has 300 valence electrons. The van der Waals surface area contributed by atoms with E-state index < -0.39 is 28.7 Å². The molecule has 11 heteroatoms.